The van der Waals surface area contributed by atoms with Gasteiger partial charge in [0, 0.05) is 30.0 Å². The van der Waals surface area contributed by atoms with Crippen molar-refractivity contribution in [3.63, 3.8) is 0 Å². The molecule has 3 aromatic heterocycles. The average molecular weight is 355 g/mol. The highest BCUT2D eigenvalue weighted by Crippen LogP contribution is 2.25. The zero-order valence-corrected chi connectivity index (χ0v) is 15.2. The van der Waals surface area contributed by atoms with Crippen LogP contribution >= 0.6 is 0 Å². The lowest BCUT2D eigenvalue weighted by Crippen LogP contribution is -2.12. The lowest BCUT2D eigenvalue weighted by Gasteiger charge is -2.06. The summed E-state index contributed by atoms with van der Waals surface area (Å²) in [5, 5.41) is 3.02. The molecule has 27 heavy (non-hydrogen) atoms. The fraction of sp³-hybridized carbons (Fsp3) is 0.130. The monoisotopic (exact) mass is 355 g/mol. The minimum Gasteiger partial charge on any atom is -0.322 e. The molecule has 0 fully saturated rings. The minimum atomic E-state index is -0.0717. The van der Waals surface area contributed by atoms with E-state index in [0.29, 0.717) is 0 Å². The molecule has 0 aliphatic rings. The number of nitrogens with zero attached hydrogens (tertiary/aromatic N) is 2. The number of anilines is 1. The minimum absolute atomic E-state index is 0.0717. The quantitative estimate of drug-likeness (QED) is 0.565. The highest BCUT2D eigenvalue weighted by molar-refractivity contribution is 6.10. The maximum atomic E-state index is 13.0. The molecule has 0 atom stereocenters. The van der Waals surface area contributed by atoms with E-state index in [4.69, 9.17) is 0 Å². The number of aryl methyl sites for hydroxylation is 2. The van der Waals surface area contributed by atoms with Gasteiger partial charge in [0.05, 0.1) is 11.1 Å². The van der Waals surface area contributed by atoms with Crippen LogP contribution in [0.1, 0.15) is 27.2 Å². The first-order valence-corrected chi connectivity index (χ1v) is 9.08. The molecule has 4 rings (SSSR count). The normalized spacial score (nSPS) is 10.9. The molecule has 0 radical (unpaired) electrons. The van der Waals surface area contributed by atoms with Crippen LogP contribution in [0.4, 0.5) is 5.69 Å². The summed E-state index contributed by atoms with van der Waals surface area (Å²) in [6.07, 6.45) is 7.43. The third-order valence-corrected chi connectivity index (χ3v) is 4.87. The van der Waals surface area contributed by atoms with Gasteiger partial charge in [0.1, 0.15) is 0 Å². The van der Waals surface area contributed by atoms with E-state index in [0.717, 1.165) is 35.2 Å². The van der Waals surface area contributed by atoms with Gasteiger partial charge in [-0.25, -0.2) is 0 Å². The number of hydrogen-bond acceptors (Lipinski definition) is 2. The van der Waals surface area contributed by atoms with Crippen LogP contribution < -0.4 is 5.32 Å². The predicted molar refractivity (Wildman–Crippen MR) is 108 cm³/mol. The van der Waals surface area contributed by atoms with Crippen LogP contribution in [0.3, 0.4) is 0 Å². The van der Waals surface area contributed by atoms with Gasteiger partial charge in [-0.3, -0.25) is 9.78 Å². The van der Waals surface area contributed by atoms with Gasteiger partial charge in [-0.15, -0.1) is 0 Å². The van der Waals surface area contributed by atoms with Gasteiger partial charge in [-0.2, -0.15) is 0 Å². The molecule has 0 aliphatic carbocycles. The molecule has 1 amide bonds. The molecule has 0 saturated heterocycles. The number of benzene rings is 1. The fourth-order valence-corrected chi connectivity index (χ4v) is 3.52. The summed E-state index contributed by atoms with van der Waals surface area (Å²) in [4.78, 5) is 17.1. The van der Waals surface area contributed by atoms with Gasteiger partial charge in [-0.05, 0) is 67.3 Å². The fourth-order valence-electron chi connectivity index (χ4n) is 3.52. The molecular formula is C23H21N3O. The molecule has 0 bridgehead atoms. The molecule has 0 spiro atoms. The van der Waals surface area contributed by atoms with Crippen LogP contribution in [0.15, 0.2) is 79.3 Å². The molecule has 4 heteroatoms. The Labute approximate surface area is 158 Å². The molecule has 3 heterocycles. The standard InChI is InChI=1S/C23H21N3O/c1-17-20(11-10-18-12-14-24-15-13-18)26-16-6-5-9-21(26)22(17)23(27)25-19-7-3-2-4-8-19/h2-9,12-16H,10-11H2,1H3,(H,25,27). The number of hydrogen-bond donors (Lipinski definition) is 1. The molecule has 1 aromatic carbocycles. The maximum Gasteiger partial charge on any atom is 0.258 e. The van der Waals surface area contributed by atoms with Crippen LogP contribution in [-0.2, 0) is 12.8 Å². The number of pyridine rings is 2. The Balaban J connectivity index is 1.69. The molecule has 1 N–H and O–H groups in total. The number of nitrogens with one attached hydrogen (secondary N) is 1. The number of rotatable bonds is 5. The Morgan fingerprint density at radius 1 is 0.963 bits per heavy atom. The summed E-state index contributed by atoms with van der Waals surface area (Å²) in [6, 6.07) is 19.6. The first kappa shape index (κ1) is 17.0. The Morgan fingerprint density at radius 2 is 1.70 bits per heavy atom. The molecule has 0 aliphatic heterocycles. The van der Waals surface area contributed by atoms with Crippen molar-refractivity contribution in [1.29, 1.82) is 0 Å². The third kappa shape index (κ3) is 3.47. The Bertz CT molecular complexity index is 1070. The number of aromatic nitrogens is 2. The highest BCUT2D eigenvalue weighted by Gasteiger charge is 2.20. The van der Waals surface area contributed by atoms with E-state index in [-0.39, 0.29) is 5.91 Å². The first-order chi connectivity index (χ1) is 13.2. The van der Waals surface area contributed by atoms with E-state index in [1.165, 1.54) is 11.3 Å². The summed E-state index contributed by atoms with van der Waals surface area (Å²) < 4.78 is 2.14. The van der Waals surface area contributed by atoms with Crippen LogP contribution in [0.25, 0.3) is 5.52 Å². The molecule has 0 saturated carbocycles. The smallest absolute Gasteiger partial charge is 0.258 e. The Kier molecular flexibility index (Phi) is 4.71. The summed E-state index contributed by atoms with van der Waals surface area (Å²) in [6.45, 7) is 2.04. The Morgan fingerprint density at radius 3 is 2.48 bits per heavy atom. The van der Waals surface area contributed by atoms with Crippen molar-refractivity contribution in [2.45, 2.75) is 19.8 Å². The van der Waals surface area contributed by atoms with E-state index in [1.54, 1.807) is 0 Å². The van der Waals surface area contributed by atoms with Gasteiger partial charge in [-0.1, -0.05) is 24.3 Å². The molecule has 4 nitrogen and oxygen atoms in total. The summed E-state index contributed by atoms with van der Waals surface area (Å²) >= 11 is 0. The second kappa shape index (κ2) is 7.46. The topological polar surface area (TPSA) is 46.4 Å². The molecular weight excluding hydrogens is 334 g/mol. The van der Waals surface area contributed by atoms with Gasteiger partial charge < -0.3 is 9.72 Å². The maximum absolute atomic E-state index is 13.0. The zero-order valence-electron chi connectivity index (χ0n) is 15.2. The van der Waals surface area contributed by atoms with Crippen molar-refractivity contribution in [3.05, 3.63) is 102 Å². The van der Waals surface area contributed by atoms with Crippen molar-refractivity contribution in [2.24, 2.45) is 0 Å². The lowest BCUT2D eigenvalue weighted by atomic mass is 10.0. The van der Waals surface area contributed by atoms with Crippen LogP contribution in [0, 0.1) is 6.92 Å². The predicted octanol–water partition coefficient (Wildman–Crippen LogP) is 4.68. The van der Waals surface area contributed by atoms with Gasteiger partial charge in [0.15, 0.2) is 0 Å². The van der Waals surface area contributed by atoms with Crippen LogP contribution in [0.5, 0.6) is 0 Å². The van der Waals surface area contributed by atoms with Gasteiger partial charge >= 0.3 is 0 Å². The average Bonchev–Trinajstić information content (AvgIpc) is 2.99. The second-order valence-electron chi connectivity index (χ2n) is 6.58. The van der Waals surface area contributed by atoms with Crippen molar-refractivity contribution in [2.75, 3.05) is 5.32 Å². The SMILES string of the molecule is Cc1c(C(=O)Nc2ccccc2)c2ccccn2c1CCc1ccncc1. The number of carbonyl (C=O) groups is 1. The van der Waals surface area contributed by atoms with E-state index in [1.807, 2.05) is 86.2 Å². The molecule has 0 unspecified atom stereocenters. The highest BCUT2D eigenvalue weighted by atomic mass is 16.1. The number of para-hydroxylation sites is 1. The third-order valence-electron chi connectivity index (χ3n) is 4.87. The lowest BCUT2D eigenvalue weighted by molar-refractivity contribution is 0.102. The van der Waals surface area contributed by atoms with Crippen molar-refractivity contribution in [1.82, 2.24) is 9.38 Å². The van der Waals surface area contributed by atoms with E-state index in [2.05, 4.69) is 14.7 Å². The Hall–Kier alpha value is -3.40. The molecule has 4 aromatic rings. The van der Waals surface area contributed by atoms with Crippen LogP contribution in [0.2, 0.25) is 0 Å². The van der Waals surface area contributed by atoms with E-state index >= 15 is 0 Å². The first-order valence-electron chi connectivity index (χ1n) is 9.08. The van der Waals surface area contributed by atoms with Crippen molar-refractivity contribution in [3.8, 4) is 0 Å². The van der Waals surface area contributed by atoms with E-state index < -0.39 is 0 Å². The number of amides is 1. The zero-order chi connectivity index (χ0) is 18.6. The summed E-state index contributed by atoms with van der Waals surface area (Å²) in [5.41, 5.74) is 5.92. The number of fused-ring (bicyclic) bond motifs is 1. The van der Waals surface area contributed by atoms with Gasteiger partial charge in [0.2, 0.25) is 0 Å². The van der Waals surface area contributed by atoms with Gasteiger partial charge in [0.25, 0.3) is 5.91 Å². The van der Waals surface area contributed by atoms with E-state index in [9.17, 15) is 4.79 Å². The van der Waals surface area contributed by atoms with Crippen molar-refractivity contribution < 1.29 is 4.79 Å². The largest absolute Gasteiger partial charge is 0.322 e. The summed E-state index contributed by atoms with van der Waals surface area (Å²) in [7, 11) is 0. The number of carbonyl (C=O) groups excluding carboxylic acids is 1. The van der Waals surface area contributed by atoms with Crippen molar-refractivity contribution >= 4 is 17.1 Å². The van der Waals surface area contributed by atoms with Crippen LogP contribution in [-0.4, -0.2) is 15.3 Å². The second-order valence-corrected chi connectivity index (χ2v) is 6.58. The molecule has 134 valence electrons. The summed E-state index contributed by atoms with van der Waals surface area (Å²) in [5.74, 6) is -0.0717.